The first-order valence-electron chi connectivity index (χ1n) is 6.59. The predicted molar refractivity (Wildman–Crippen MR) is 71.8 cm³/mol. The van der Waals surface area contributed by atoms with Crippen molar-refractivity contribution in [3.05, 3.63) is 24.0 Å². The molecule has 3 N–H and O–H groups in total. The van der Waals surface area contributed by atoms with Gasteiger partial charge in [0, 0.05) is 25.2 Å². The Kier molecular flexibility index (Phi) is 4.00. The van der Waals surface area contributed by atoms with Gasteiger partial charge < -0.3 is 11.1 Å². The Balaban J connectivity index is 1.67. The maximum absolute atomic E-state index is 5.60. The highest BCUT2D eigenvalue weighted by Gasteiger charge is 2.27. The monoisotopic (exact) mass is 233 g/mol. The van der Waals surface area contributed by atoms with Crippen molar-refractivity contribution in [2.45, 2.75) is 39.0 Å². The van der Waals surface area contributed by atoms with Crippen LogP contribution in [0.1, 0.15) is 38.3 Å². The molecule has 1 heterocycles. The fourth-order valence-corrected chi connectivity index (χ4v) is 2.60. The molecule has 3 heteroatoms. The lowest BCUT2D eigenvalue weighted by atomic mass is 9.89. The molecule has 1 saturated carbocycles. The van der Waals surface area contributed by atoms with Gasteiger partial charge in [-0.2, -0.15) is 0 Å². The van der Waals surface area contributed by atoms with Crippen LogP contribution in [0.15, 0.2) is 18.3 Å². The third-order valence-electron chi connectivity index (χ3n) is 3.77. The number of anilines is 1. The molecular weight excluding hydrogens is 210 g/mol. The predicted octanol–water partition coefficient (Wildman–Crippen LogP) is 2.38. The molecule has 17 heavy (non-hydrogen) atoms. The summed E-state index contributed by atoms with van der Waals surface area (Å²) >= 11 is 0. The minimum atomic E-state index is 0.536. The van der Waals surface area contributed by atoms with Gasteiger partial charge in [0.05, 0.1) is 11.9 Å². The van der Waals surface area contributed by atoms with Gasteiger partial charge in [-0.05, 0) is 30.4 Å². The third-order valence-corrected chi connectivity index (χ3v) is 3.77. The molecule has 1 aromatic heterocycles. The van der Waals surface area contributed by atoms with Crippen molar-refractivity contribution < 1.29 is 0 Å². The quantitative estimate of drug-likeness (QED) is 0.768. The first-order chi connectivity index (χ1) is 8.18. The van der Waals surface area contributed by atoms with Gasteiger partial charge >= 0.3 is 0 Å². The molecule has 1 fully saturated rings. The SMILES string of the molecule is CC1(CNCCc2ccc(N)cn2)CCCC1. The van der Waals surface area contributed by atoms with E-state index >= 15 is 0 Å². The van der Waals surface area contributed by atoms with Crippen LogP contribution in [0.3, 0.4) is 0 Å². The highest BCUT2D eigenvalue weighted by molar-refractivity contribution is 5.34. The van der Waals surface area contributed by atoms with Crippen LogP contribution in [0.25, 0.3) is 0 Å². The zero-order chi connectivity index (χ0) is 12.1. The van der Waals surface area contributed by atoms with Crippen LogP contribution in [0, 0.1) is 5.41 Å². The van der Waals surface area contributed by atoms with Crippen molar-refractivity contribution in [2.75, 3.05) is 18.8 Å². The van der Waals surface area contributed by atoms with Crippen molar-refractivity contribution in [2.24, 2.45) is 5.41 Å². The van der Waals surface area contributed by atoms with Crippen molar-refractivity contribution in [1.29, 1.82) is 0 Å². The lowest BCUT2D eigenvalue weighted by Crippen LogP contribution is -2.30. The number of nitrogens with zero attached hydrogens (tertiary/aromatic N) is 1. The minimum absolute atomic E-state index is 0.536. The summed E-state index contributed by atoms with van der Waals surface area (Å²) in [4.78, 5) is 4.30. The van der Waals surface area contributed by atoms with Gasteiger partial charge in [0.2, 0.25) is 0 Å². The van der Waals surface area contributed by atoms with Gasteiger partial charge in [-0.1, -0.05) is 19.8 Å². The zero-order valence-electron chi connectivity index (χ0n) is 10.7. The Morgan fingerprint density at radius 1 is 1.35 bits per heavy atom. The Labute approximate surface area is 104 Å². The van der Waals surface area contributed by atoms with E-state index in [1.165, 1.54) is 25.7 Å². The molecule has 0 spiro atoms. The van der Waals surface area contributed by atoms with Crippen LogP contribution < -0.4 is 11.1 Å². The average molecular weight is 233 g/mol. The molecule has 0 radical (unpaired) electrons. The summed E-state index contributed by atoms with van der Waals surface area (Å²) in [6.45, 7) is 4.54. The Morgan fingerprint density at radius 2 is 2.12 bits per heavy atom. The number of hydrogen-bond acceptors (Lipinski definition) is 3. The summed E-state index contributed by atoms with van der Waals surface area (Å²) in [5, 5.41) is 3.56. The summed E-state index contributed by atoms with van der Waals surface area (Å²) in [5.74, 6) is 0. The zero-order valence-corrected chi connectivity index (χ0v) is 10.7. The molecule has 0 aromatic carbocycles. The molecule has 2 rings (SSSR count). The Bertz CT molecular complexity index is 339. The Morgan fingerprint density at radius 3 is 2.76 bits per heavy atom. The summed E-state index contributed by atoms with van der Waals surface area (Å²) in [6, 6.07) is 3.93. The van der Waals surface area contributed by atoms with Crippen molar-refractivity contribution in [3.63, 3.8) is 0 Å². The van der Waals surface area contributed by atoms with Crippen LogP contribution in [-0.2, 0) is 6.42 Å². The van der Waals surface area contributed by atoms with Gasteiger partial charge in [-0.15, -0.1) is 0 Å². The molecule has 0 unspecified atom stereocenters. The van der Waals surface area contributed by atoms with E-state index in [0.717, 1.165) is 30.9 Å². The summed E-state index contributed by atoms with van der Waals surface area (Å²) in [7, 11) is 0. The number of nitrogens with two attached hydrogens (primary N) is 1. The fourth-order valence-electron chi connectivity index (χ4n) is 2.60. The van der Waals surface area contributed by atoms with Crippen LogP contribution in [0.4, 0.5) is 5.69 Å². The van der Waals surface area contributed by atoms with E-state index in [2.05, 4.69) is 17.2 Å². The molecule has 0 atom stereocenters. The molecule has 1 aliphatic rings. The fraction of sp³-hybridized carbons (Fsp3) is 0.643. The van der Waals surface area contributed by atoms with Crippen LogP contribution >= 0.6 is 0 Å². The van der Waals surface area contributed by atoms with E-state index in [1.54, 1.807) is 6.20 Å². The molecule has 0 aliphatic heterocycles. The van der Waals surface area contributed by atoms with E-state index in [1.807, 2.05) is 12.1 Å². The highest BCUT2D eigenvalue weighted by atomic mass is 14.9. The van der Waals surface area contributed by atoms with Gasteiger partial charge in [0.1, 0.15) is 0 Å². The maximum atomic E-state index is 5.60. The van der Waals surface area contributed by atoms with Crippen molar-refractivity contribution in [1.82, 2.24) is 10.3 Å². The average Bonchev–Trinajstić information content (AvgIpc) is 2.74. The normalized spacial score (nSPS) is 18.4. The van der Waals surface area contributed by atoms with E-state index in [0.29, 0.717) is 5.41 Å². The molecule has 94 valence electrons. The Hall–Kier alpha value is -1.09. The van der Waals surface area contributed by atoms with Crippen molar-refractivity contribution in [3.8, 4) is 0 Å². The molecular formula is C14H23N3. The van der Waals surface area contributed by atoms with Crippen LogP contribution in [0.5, 0.6) is 0 Å². The smallest absolute Gasteiger partial charge is 0.0501 e. The van der Waals surface area contributed by atoms with Crippen LogP contribution in [0.2, 0.25) is 0 Å². The van der Waals surface area contributed by atoms with Crippen molar-refractivity contribution >= 4 is 5.69 Å². The number of rotatable bonds is 5. The van der Waals surface area contributed by atoms with Gasteiger partial charge in [-0.3, -0.25) is 4.98 Å². The van der Waals surface area contributed by atoms with Gasteiger partial charge in [0.15, 0.2) is 0 Å². The lowest BCUT2D eigenvalue weighted by Gasteiger charge is -2.23. The number of nitrogen functional groups attached to an aromatic ring is 1. The first-order valence-corrected chi connectivity index (χ1v) is 6.59. The van der Waals surface area contributed by atoms with Gasteiger partial charge in [-0.25, -0.2) is 0 Å². The van der Waals surface area contributed by atoms with Crippen LogP contribution in [-0.4, -0.2) is 18.1 Å². The summed E-state index contributed by atoms with van der Waals surface area (Å²) in [6.07, 6.45) is 8.26. The summed E-state index contributed by atoms with van der Waals surface area (Å²) < 4.78 is 0. The van der Waals surface area contributed by atoms with E-state index < -0.39 is 0 Å². The number of aromatic nitrogens is 1. The molecule has 0 saturated heterocycles. The highest BCUT2D eigenvalue weighted by Crippen LogP contribution is 2.36. The molecule has 3 nitrogen and oxygen atoms in total. The number of hydrogen-bond donors (Lipinski definition) is 2. The number of nitrogens with one attached hydrogen (secondary N) is 1. The maximum Gasteiger partial charge on any atom is 0.0501 e. The lowest BCUT2D eigenvalue weighted by molar-refractivity contribution is 0.316. The van der Waals surface area contributed by atoms with E-state index in [-0.39, 0.29) is 0 Å². The topological polar surface area (TPSA) is 50.9 Å². The second-order valence-electron chi connectivity index (χ2n) is 5.53. The number of pyridine rings is 1. The molecule has 0 bridgehead atoms. The first kappa shape index (κ1) is 12.4. The minimum Gasteiger partial charge on any atom is -0.397 e. The largest absolute Gasteiger partial charge is 0.397 e. The van der Waals surface area contributed by atoms with E-state index in [9.17, 15) is 0 Å². The summed E-state index contributed by atoms with van der Waals surface area (Å²) in [5.41, 5.74) is 7.99. The van der Waals surface area contributed by atoms with E-state index in [4.69, 9.17) is 5.73 Å². The molecule has 1 aromatic rings. The second kappa shape index (κ2) is 5.50. The second-order valence-corrected chi connectivity index (χ2v) is 5.53. The molecule has 0 amide bonds. The standard InChI is InChI=1S/C14H23N3/c1-14(7-2-3-8-14)11-16-9-6-13-5-4-12(15)10-17-13/h4-5,10,16H,2-3,6-9,11,15H2,1H3. The van der Waals surface area contributed by atoms with Gasteiger partial charge in [0.25, 0.3) is 0 Å². The molecule has 1 aliphatic carbocycles. The third kappa shape index (κ3) is 3.70.